The molecule has 0 atom stereocenters. The zero-order valence-electron chi connectivity index (χ0n) is 13.8. The molecule has 26 heavy (non-hydrogen) atoms. The predicted octanol–water partition coefficient (Wildman–Crippen LogP) is 4.63. The maximum atomic E-state index is 6.27. The average molecular weight is 385 g/mol. The van der Waals surface area contributed by atoms with E-state index < -0.39 is 0 Å². The number of nitrogens with one attached hydrogen (secondary N) is 1. The molecule has 0 radical (unpaired) electrons. The number of anilines is 2. The molecule has 0 fully saturated rings. The maximum Gasteiger partial charge on any atom is 0.183 e. The van der Waals surface area contributed by atoms with Gasteiger partial charge in [-0.2, -0.15) is 0 Å². The molecular weight excluding hydrogens is 371 g/mol. The highest BCUT2D eigenvalue weighted by atomic mass is 35.5. The summed E-state index contributed by atoms with van der Waals surface area (Å²) in [5, 5.41) is 20.8. The maximum absolute atomic E-state index is 6.27. The first kappa shape index (κ1) is 16.8. The van der Waals surface area contributed by atoms with E-state index in [9.17, 15) is 0 Å². The number of halogens is 2. The summed E-state index contributed by atoms with van der Waals surface area (Å²) in [6.07, 6.45) is 0. The Labute approximate surface area is 159 Å². The normalized spacial score (nSPS) is 11.0. The van der Waals surface area contributed by atoms with E-state index >= 15 is 0 Å². The number of fused-ring (bicyclic) bond motifs is 1. The fourth-order valence-corrected chi connectivity index (χ4v) is 3.13. The lowest BCUT2D eigenvalue weighted by Crippen LogP contribution is -2.04. The van der Waals surface area contributed by atoms with E-state index in [0.717, 1.165) is 16.8 Å². The van der Waals surface area contributed by atoms with Gasteiger partial charge in [0.15, 0.2) is 16.5 Å². The van der Waals surface area contributed by atoms with Gasteiger partial charge in [-0.3, -0.25) is 0 Å². The number of benzene rings is 2. The molecule has 1 N–H and O–H groups in total. The highest BCUT2D eigenvalue weighted by molar-refractivity contribution is 6.34. The highest BCUT2D eigenvalue weighted by Crippen LogP contribution is 2.27. The van der Waals surface area contributed by atoms with Gasteiger partial charge in [0.25, 0.3) is 0 Å². The number of rotatable bonds is 4. The molecule has 4 aromatic rings. The van der Waals surface area contributed by atoms with Gasteiger partial charge < -0.3 is 5.32 Å². The summed E-state index contributed by atoms with van der Waals surface area (Å²) >= 11 is 12.5. The Kier molecular flexibility index (Phi) is 4.44. The van der Waals surface area contributed by atoms with Crippen LogP contribution in [0.2, 0.25) is 10.2 Å². The Hall–Kier alpha value is -2.70. The third-order valence-corrected chi connectivity index (χ3v) is 4.57. The van der Waals surface area contributed by atoms with Crippen LogP contribution in [0.1, 0.15) is 11.1 Å². The Balaban J connectivity index is 1.75. The van der Waals surface area contributed by atoms with E-state index in [2.05, 4.69) is 25.8 Å². The van der Waals surface area contributed by atoms with E-state index in [1.165, 1.54) is 0 Å². The molecule has 0 spiro atoms. The summed E-state index contributed by atoms with van der Waals surface area (Å²) in [6, 6.07) is 15.5. The van der Waals surface area contributed by atoms with Gasteiger partial charge in [0, 0.05) is 10.7 Å². The Bertz CT molecular complexity index is 1090. The lowest BCUT2D eigenvalue weighted by Gasteiger charge is -2.08. The number of aryl methyl sites for hydroxylation is 1. The lowest BCUT2D eigenvalue weighted by atomic mass is 10.2. The molecule has 0 aliphatic rings. The molecule has 4 rings (SSSR count). The van der Waals surface area contributed by atoms with Crippen LogP contribution in [0.15, 0.2) is 48.5 Å². The Morgan fingerprint density at radius 2 is 1.85 bits per heavy atom. The Morgan fingerprint density at radius 3 is 2.65 bits per heavy atom. The minimum Gasteiger partial charge on any atom is -0.337 e. The van der Waals surface area contributed by atoms with Crippen LogP contribution in [0.5, 0.6) is 0 Å². The molecule has 2 aromatic carbocycles. The van der Waals surface area contributed by atoms with Crippen LogP contribution in [-0.2, 0) is 6.54 Å². The first-order valence-electron chi connectivity index (χ1n) is 7.94. The number of hydrogen-bond donors (Lipinski definition) is 1. The standard InChI is InChI=1S/C18H14Cl2N6/c1-11-5-4-7-13(9-11)21-18-15-16(17(20)23-24-18)26(25-22-15)10-12-6-2-3-8-14(12)19/h2-9H,10H2,1H3,(H,21,24). The van der Waals surface area contributed by atoms with E-state index in [1.54, 1.807) is 4.68 Å². The molecule has 2 heterocycles. The van der Waals surface area contributed by atoms with Gasteiger partial charge in [-0.25, -0.2) is 4.68 Å². The topological polar surface area (TPSA) is 68.5 Å². The van der Waals surface area contributed by atoms with Crippen molar-refractivity contribution in [3.8, 4) is 0 Å². The minimum absolute atomic E-state index is 0.242. The SMILES string of the molecule is Cc1cccc(Nc2nnc(Cl)c3c2nnn3Cc2ccccc2Cl)c1. The number of nitrogens with zero attached hydrogens (tertiary/aromatic N) is 5. The van der Waals surface area contributed by atoms with Crippen molar-refractivity contribution in [2.75, 3.05) is 5.32 Å². The lowest BCUT2D eigenvalue weighted by molar-refractivity contribution is 0.669. The number of aromatic nitrogens is 5. The van der Waals surface area contributed by atoms with Crippen LogP contribution < -0.4 is 5.32 Å². The third kappa shape index (κ3) is 3.21. The second-order valence-corrected chi connectivity index (χ2v) is 6.63. The smallest absolute Gasteiger partial charge is 0.183 e. The van der Waals surface area contributed by atoms with Gasteiger partial charge in [0.1, 0.15) is 5.52 Å². The molecule has 0 aliphatic carbocycles. The third-order valence-electron chi connectivity index (χ3n) is 3.95. The largest absolute Gasteiger partial charge is 0.337 e. The summed E-state index contributed by atoms with van der Waals surface area (Å²) in [4.78, 5) is 0. The van der Waals surface area contributed by atoms with Crippen molar-refractivity contribution in [2.24, 2.45) is 0 Å². The predicted molar refractivity (Wildman–Crippen MR) is 103 cm³/mol. The van der Waals surface area contributed by atoms with Crippen LogP contribution in [0.25, 0.3) is 11.0 Å². The van der Waals surface area contributed by atoms with Crippen molar-refractivity contribution in [3.05, 3.63) is 69.8 Å². The van der Waals surface area contributed by atoms with E-state index in [4.69, 9.17) is 23.2 Å². The van der Waals surface area contributed by atoms with Crippen molar-refractivity contribution in [2.45, 2.75) is 13.5 Å². The first-order valence-corrected chi connectivity index (χ1v) is 8.70. The second kappa shape index (κ2) is 6.90. The van der Waals surface area contributed by atoms with Crippen LogP contribution in [0.4, 0.5) is 11.5 Å². The van der Waals surface area contributed by atoms with Crippen molar-refractivity contribution in [1.82, 2.24) is 25.2 Å². The molecule has 2 aromatic heterocycles. The van der Waals surface area contributed by atoms with Crippen LogP contribution in [0, 0.1) is 6.92 Å². The van der Waals surface area contributed by atoms with E-state index in [-0.39, 0.29) is 5.15 Å². The molecule has 130 valence electrons. The average Bonchev–Trinajstić information content (AvgIpc) is 3.04. The highest BCUT2D eigenvalue weighted by Gasteiger charge is 2.17. The van der Waals surface area contributed by atoms with Crippen molar-refractivity contribution in [1.29, 1.82) is 0 Å². The van der Waals surface area contributed by atoms with Gasteiger partial charge in [-0.1, -0.05) is 58.7 Å². The monoisotopic (exact) mass is 384 g/mol. The molecular formula is C18H14Cl2N6. The van der Waals surface area contributed by atoms with Crippen molar-refractivity contribution >= 4 is 45.7 Å². The fraction of sp³-hybridized carbons (Fsp3) is 0.111. The molecule has 6 nitrogen and oxygen atoms in total. The van der Waals surface area contributed by atoms with Gasteiger partial charge in [0.05, 0.1) is 6.54 Å². The molecule has 0 aliphatic heterocycles. The van der Waals surface area contributed by atoms with E-state index in [1.807, 2.05) is 55.5 Å². The fourth-order valence-electron chi connectivity index (χ4n) is 2.71. The minimum atomic E-state index is 0.242. The van der Waals surface area contributed by atoms with Crippen LogP contribution in [0.3, 0.4) is 0 Å². The van der Waals surface area contributed by atoms with Gasteiger partial charge in [-0.15, -0.1) is 15.3 Å². The van der Waals surface area contributed by atoms with Crippen molar-refractivity contribution < 1.29 is 0 Å². The molecule has 0 saturated carbocycles. The zero-order chi connectivity index (χ0) is 18.1. The van der Waals surface area contributed by atoms with Gasteiger partial charge >= 0.3 is 0 Å². The molecule has 0 saturated heterocycles. The quantitative estimate of drug-likeness (QED) is 0.555. The van der Waals surface area contributed by atoms with Crippen LogP contribution >= 0.6 is 23.2 Å². The second-order valence-electron chi connectivity index (χ2n) is 5.87. The van der Waals surface area contributed by atoms with Gasteiger partial charge in [0.2, 0.25) is 0 Å². The van der Waals surface area contributed by atoms with Crippen molar-refractivity contribution in [3.63, 3.8) is 0 Å². The van der Waals surface area contributed by atoms with E-state index in [0.29, 0.717) is 28.4 Å². The van der Waals surface area contributed by atoms with Crippen LogP contribution in [-0.4, -0.2) is 25.2 Å². The summed E-state index contributed by atoms with van der Waals surface area (Å²) in [6.45, 7) is 2.46. The van der Waals surface area contributed by atoms with Gasteiger partial charge in [-0.05, 0) is 36.2 Å². The molecule has 8 heteroatoms. The summed E-state index contributed by atoms with van der Waals surface area (Å²) in [7, 11) is 0. The molecule has 0 amide bonds. The number of hydrogen-bond acceptors (Lipinski definition) is 5. The summed E-state index contributed by atoms with van der Waals surface area (Å²) in [5.41, 5.74) is 4.11. The first-order chi connectivity index (χ1) is 12.6. The molecule has 0 bridgehead atoms. The zero-order valence-corrected chi connectivity index (χ0v) is 15.3. The molecule has 0 unspecified atom stereocenters. The summed E-state index contributed by atoms with van der Waals surface area (Å²) in [5.74, 6) is 0.500. The Morgan fingerprint density at radius 1 is 1.00 bits per heavy atom. The summed E-state index contributed by atoms with van der Waals surface area (Å²) < 4.78 is 1.68.